The summed E-state index contributed by atoms with van der Waals surface area (Å²) in [4.78, 5) is 11.3. The number of halogens is 3. The third-order valence-electron chi connectivity index (χ3n) is 2.26. The lowest BCUT2D eigenvalue weighted by Crippen LogP contribution is -2.16. The van der Waals surface area contributed by atoms with Gasteiger partial charge in [0.25, 0.3) is 6.43 Å². The van der Waals surface area contributed by atoms with Gasteiger partial charge in [0.15, 0.2) is 0 Å². The van der Waals surface area contributed by atoms with E-state index in [1.54, 1.807) is 0 Å². The zero-order valence-electron chi connectivity index (χ0n) is 10.7. The molecule has 0 heterocycles. The molecule has 1 rings (SSSR count). The van der Waals surface area contributed by atoms with E-state index >= 15 is 0 Å². The Hall–Kier alpha value is -1.29. The van der Waals surface area contributed by atoms with Crippen molar-refractivity contribution in [3.05, 3.63) is 23.2 Å². The quantitative estimate of drug-likeness (QED) is 0.735. The summed E-state index contributed by atoms with van der Waals surface area (Å²) < 4.78 is 50.3. The summed E-state index contributed by atoms with van der Waals surface area (Å²) in [5.74, 6) is -0.505. The SMILES string of the molecule is NS(=O)(=O)c1ccc(NC(=O)CCOCC(F)F)c(Cl)c1. The van der Waals surface area contributed by atoms with Crippen molar-refractivity contribution in [1.82, 2.24) is 0 Å². The molecule has 1 aromatic carbocycles. The monoisotopic (exact) mass is 342 g/mol. The Kier molecular flexibility index (Phi) is 6.46. The summed E-state index contributed by atoms with van der Waals surface area (Å²) >= 11 is 5.82. The average Bonchev–Trinajstić information content (AvgIpc) is 2.35. The Morgan fingerprint density at radius 2 is 2.10 bits per heavy atom. The molecule has 0 saturated heterocycles. The highest BCUT2D eigenvalue weighted by molar-refractivity contribution is 7.89. The largest absolute Gasteiger partial charge is 0.375 e. The van der Waals surface area contributed by atoms with Crippen molar-refractivity contribution >= 4 is 33.2 Å². The molecular formula is C11H13ClF2N2O4S. The minimum atomic E-state index is -3.88. The van der Waals surface area contributed by atoms with Gasteiger partial charge in [-0.05, 0) is 18.2 Å². The first kappa shape index (κ1) is 17.8. The number of anilines is 1. The first-order valence-corrected chi connectivity index (χ1v) is 7.60. The maximum Gasteiger partial charge on any atom is 0.261 e. The van der Waals surface area contributed by atoms with Crippen molar-refractivity contribution in [2.24, 2.45) is 5.14 Å². The van der Waals surface area contributed by atoms with Gasteiger partial charge >= 0.3 is 0 Å². The van der Waals surface area contributed by atoms with Crippen LogP contribution < -0.4 is 10.5 Å². The van der Waals surface area contributed by atoms with Crippen LogP contribution in [0.15, 0.2) is 23.1 Å². The van der Waals surface area contributed by atoms with E-state index < -0.39 is 29.0 Å². The van der Waals surface area contributed by atoms with E-state index in [-0.39, 0.29) is 28.6 Å². The van der Waals surface area contributed by atoms with Crippen molar-refractivity contribution in [3.8, 4) is 0 Å². The zero-order valence-corrected chi connectivity index (χ0v) is 12.3. The van der Waals surface area contributed by atoms with Crippen molar-refractivity contribution in [2.75, 3.05) is 18.5 Å². The second kappa shape index (κ2) is 7.64. The summed E-state index contributed by atoms with van der Waals surface area (Å²) in [6.45, 7) is -0.903. The predicted molar refractivity (Wildman–Crippen MR) is 72.9 cm³/mol. The second-order valence-electron chi connectivity index (χ2n) is 3.95. The minimum absolute atomic E-state index is 0.0108. The standard InChI is InChI=1S/C11H13ClF2N2O4S/c12-8-5-7(21(15,18)19)1-2-9(8)16-11(17)3-4-20-6-10(13)14/h1-2,5,10H,3-4,6H2,(H,16,17)(H2,15,18,19). The highest BCUT2D eigenvalue weighted by Crippen LogP contribution is 2.24. The van der Waals surface area contributed by atoms with Crippen LogP contribution in [0.25, 0.3) is 0 Å². The first-order valence-electron chi connectivity index (χ1n) is 5.68. The number of primary sulfonamides is 1. The third-order valence-corrected chi connectivity index (χ3v) is 3.48. The molecule has 0 fully saturated rings. The molecule has 3 N–H and O–H groups in total. The van der Waals surface area contributed by atoms with Gasteiger partial charge in [-0.25, -0.2) is 22.3 Å². The van der Waals surface area contributed by atoms with Crippen LogP contribution in [0.5, 0.6) is 0 Å². The van der Waals surface area contributed by atoms with Crippen LogP contribution in [-0.2, 0) is 19.6 Å². The van der Waals surface area contributed by atoms with Crippen LogP contribution >= 0.6 is 11.6 Å². The number of carbonyl (C=O) groups excluding carboxylic acids is 1. The number of hydrogen-bond acceptors (Lipinski definition) is 4. The van der Waals surface area contributed by atoms with E-state index in [0.29, 0.717) is 0 Å². The van der Waals surface area contributed by atoms with Gasteiger partial charge < -0.3 is 10.1 Å². The van der Waals surface area contributed by atoms with Gasteiger partial charge in [-0.2, -0.15) is 0 Å². The number of ether oxygens (including phenoxy) is 1. The molecule has 118 valence electrons. The number of hydrogen-bond donors (Lipinski definition) is 2. The van der Waals surface area contributed by atoms with Gasteiger partial charge in [0.2, 0.25) is 15.9 Å². The molecule has 1 amide bonds. The molecule has 0 bridgehead atoms. The molecule has 1 aromatic rings. The Labute approximate surface area is 125 Å². The fraction of sp³-hybridized carbons (Fsp3) is 0.364. The van der Waals surface area contributed by atoms with Crippen LogP contribution in [-0.4, -0.2) is 34.0 Å². The molecule has 0 unspecified atom stereocenters. The van der Waals surface area contributed by atoms with Crippen LogP contribution in [0, 0.1) is 0 Å². The fourth-order valence-electron chi connectivity index (χ4n) is 1.32. The highest BCUT2D eigenvalue weighted by Gasteiger charge is 2.12. The van der Waals surface area contributed by atoms with E-state index in [1.165, 1.54) is 12.1 Å². The van der Waals surface area contributed by atoms with Crippen LogP contribution in [0.3, 0.4) is 0 Å². The van der Waals surface area contributed by atoms with E-state index in [4.69, 9.17) is 16.7 Å². The number of benzene rings is 1. The molecule has 0 atom stereocenters. The van der Waals surface area contributed by atoms with Crippen molar-refractivity contribution in [2.45, 2.75) is 17.7 Å². The molecule has 0 radical (unpaired) electrons. The number of rotatable bonds is 7. The predicted octanol–water partition coefficient (Wildman–Crippen LogP) is 1.60. The van der Waals surface area contributed by atoms with Gasteiger partial charge in [0, 0.05) is 0 Å². The van der Waals surface area contributed by atoms with Crippen LogP contribution in [0.2, 0.25) is 5.02 Å². The lowest BCUT2D eigenvalue weighted by atomic mass is 10.3. The van der Waals surface area contributed by atoms with Crippen molar-refractivity contribution in [3.63, 3.8) is 0 Å². The maximum atomic E-state index is 11.8. The van der Waals surface area contributed by atoms with Crippen molar-refractivity contribution < 1.29 is 26.7 Å². The number of carbonyl (C=O) groups is 1. The minimum Gasteiger partial charge on any atom is -0.375 e. The molecule has 0 saturated carbocycles. The Morgan fingerprint density at radius 3 is 2.62 bits per heavy atom. The Morgan fingerprint density at radius 1 is 1.43 bits per heavy atom. The number of alkyl halides is 2. The first-order chi connectivity index (χ1) is 9.70. The van der Waals surface area contributed by atoms with Crippen LogP contribution in [0.1, 0.15) is 6.42 Å². The smallest absolute Gasteiger partial charge is 0.261 e. The average molecular weight is 343 g/mol. The third kappa shape index (κ3) is 6.34. The summed E-state index contributed by atoms with van der Waals surface area (Å²) in [6, 6.07) is 3.56. The summed E-state index contributed by atoms with van der Waals surface area (Å²) in [5.41, 5.74) is 0.183. The van der Waals surface area contributed by atoms with Gasteiger partial charge in [-0.3, -0.25) is 4.79 Å². The topological polar surface area (TPSA) is 98.5 Å². The molecule has 0 aliphatic carbocycles. The Balaban J connectivity index is 2.57. The van der Waals surface area contributed by atoms with E-state index in [0.717, 1.165) is 6.07 Å². The Bertz CT molecular complexity index is 610. The second-order valence-corrected chi connectivity index (χ2v) is 5.92. The van der Waals surface area contributed by atoms with E-state index in [9.17, 15) is 22.0 Å². The molecule has 6 nitrogen and oxygen atoms in total. The van der Waals surface area contributed by atoms with Gasteiger partial charge in [0.1, 0.15) is 6.61 Å². The molecular weight excluding hydrogens is 330 g/mol. The van der Waals surface area contributed by atoms with E-state index in [1.807, 2.05) is 0 Å². The molecule has 0 aromatic heterocycles. The van der Waals surface area contributed by atoms with Gasteiger partial charge in [-0.1, -0.05) is 11.6 Å². The molecule has 10 heteroatoms. The molecule has 0 aliphatic heterocycles. The number of sulfonamides is 1. The molecule has 0 spiro atoms. The molecule has 0 aliphatic rings. The summed E-state index contributed by atoms with van der Waals surface area (Å²) in [5, 5.41) is 7.32. The van der Waals surface area contributed by atoms with Gasteiger partial charge in [-0.15, -0.1) is 0 Å². The zero-order chi connectivity index (χ0) is 16.0. The lowest BCUT2D eigenvalue weighted by molar-refractivity contribution is -0.117. The molecule has 21 heavy (non-hydrogen) atoms. The fourth-order valence-corrected chi connectivity index (χ4v) is 2.16. The van der Waals surface area contributed by atoms with Crippen molar-refractivity contribution in [1.29, 1.82) is 0 Å². The number of nitrogens with two attached hydrogens (primary N) is 1. The lowest BCUT2D eigenvalue weighted by Gasteiger charge is -2.08. The van der Waals surface area contributed by atoms with Crippen LogP contribution in [0.4, 0.5) is 14.5 Å². The number of amides is 1. The highest BCUT2D eigenvalue weighted by atomic mass is 35.5. The normalized spacial score (nSPS) is 11.7. The summed E-state index contributed by atoms with van der Waals surface area (Å²) in [6.07, 6.45) is -2.73. The van der Waals surface area contributed by atoms with Gasteiger partial charge in [0.05, 0.1) is 28.6 Å². The number of nitrogens with one attached hydrogen (secondary N) is 1. The maximum absolute atomic E-state index is 11.8. The summed E-state index contributed by atoms with van der Waals surface area (Å²) in [7, 11) is -3.88. The van der Waals surface area contributed by atoms with E-state index in [2.05, 4.69) is 10.1 Å².